The molecular formula is C13H16Cl2N2O2. The van der Waals surface area contributed by atoms with Crippen LogP contribution in [0.3, 0.4) is 0 Å². The number of benzene rings is 1. The van der Waals surface area contributed by atoms with Crippen LogP contribution in [0.1, 0.15) is 6.92 Å². The van der Waals surface area contributed by atoms with E-state index in [1.54, 1.807) is 18.2 Å². The van der Waals surface area contributed by atoms with Crippen molar-refractivity contribution in [2.75, 3.05) is 26.2 Å². The third-order valence-corrected chi connectivity index (χ3v) is 3.61. The summed E-state index contributed by atoms with van der Waals surface area (Å²) in [5, 5.41) is 4.22. The first-order chi connectivity index (χ1) is 9.08. The Hall–Kier alpha value is -0.970. The van der Waals surface area contributed by atoms with Gasteiger partial charge in [-0.05, 0) is 19.1 Å². The maximum Gasteiger partial charge on any atom is 0.260 e. The van der Waals surface area contributed by atoms with Crippen LogP contribution < -0.4 is 10.1 Å². The molecule has 1 amide bonds. The third kappa shape index (κ3) is 3.75. The Bertz CT molecular complexity index is 468. The zero-order valence-electron chi connectivity index (χ0n) is 10.7. The van der Waals surface area contributed by atoms with E-state index in [1.807, 2.05) is 11.8 Å². The molecular weight excluding hydrogens is 287 g/mol. The number of carbonyl (C=O) groups is 1. The van der Waals surface area contributed by atoms with Crippen LogP contribution >= 0.6 is 23.2 Å². The van der Waals surface area contributed by atoms with Crippen molar-refractivity contribution in [3.63, 3.8) is 0 Å². The van der Waals surface area contributed by atoms with E-state index < -0.39 is 0 Å². The van der Waals surface area contributed by atoms with Crippen molar-refractivity contribution in [3.8, 4) is 5.75 Å². The molecule has 4 nitrogen and oxygen atoms in total. The molecule has 0 aromatic heterocycles. The summed E-state index contributed by atoms with van der Waals surface area (Å²) < 4.78 is 5.45. The smallest absolute Gasteiger partial charge is 0.260 e. The fourth-order valence-electron chi connectivity index (χ4n) is 2.02. The van der Waals surface area contributed by atoms with E-state index in [4.69, 9.17) is 27.9 Å². The molecule has 1 heterocycles. The van der Waals surface area contributed by atoms with Crippen molar-refractivity contribution in [1.29, 1.82) is 0 Å². The summed E-state index contributed by atoms with van der Waals surface area (Å²) in [5.41, 5.74) is 0. The summed E-state index contributed by atoms with van der Waals surface area (Å²) in [7, 11) is 0. The van der Waals surface area contributed by atoms with Gasteiger partial charge in [0, 0.05) is 36.8 Å². The number of ether oxygens (including phenoxy) is 1. The van der Waals surface area contributed by atoms with Crippen LogP contribution in [0.4, 0.5) is 0 Å². The predicted molar refractivity (Wildman–Crippen MR) is 76.0 cm³/mol. The lowest BCUT2D eigenvalue weighted by Gasteiger charge is -2.33. The lowest BCUT2D eigenvalue weighted by molar-refractivity contribution is -0.136. The zero-order valence-corrected chi connectivity index (χ0v) is 12.2. The van der Waals surface area contributed by atoms with Crippen LogP contribution in [0.5, 0.6) is 5.75 Å². The first kappa shape index (κ1) is 14.4. The first-order valence-electron chi connectivity index (χ1n) is 6.16. The van der Waals surface area contributed by atoms with Crippen LogP contribution in [0.25, 0.3) is 0 Å². The molecule has 1 aromatic carbocycles. The predicted octanol–water partition coefficient (Wildman–Crippen LogP) is 2.19. The summed E-state index contributed by atoms with van der Waals surface area (Å²) in [6.07, 6.45) is 0. The fourth-order valence-corrected chi connectivity index (χ4v) is 2.36. The van der Waals surface area contributed by atoms with Gasteiger partial charge < -0.3 is 15.0 Å². The molecule has 1 aromatic rings. The maximum atomic E-state index is 12.1. The molecule has 1 N–H and O–H groups in total. The van der Waals surface area contributed by atoms with E-state index in [0.29, 0.717) is 22.3 Å². The molecule has 0 unspecified atom stereocenters. The van der Waals surface area contributed by atoms with E-state index >= 15 is 0 Å². The molecule has 1 aliphatic rings. The van der Waals surface area contributed by atoms with Gasteiger partial charge in [-0.3, -0.25) is 4.79 Å². The highest BCUT2D eigenvalue weighted by molar-refractivity contribution is 6.34. The Morgan fingerprint density at radius 1 is 1.53 bits per heavy atom. The summed E-state index contributed by atoms with van der Waals surface area (Å²) in [5.74, 6) is 0.398. The van der Waals surface area contributed by atoms with Gasteiger partial charge >= 0.3 is 0 Å². The van der Waals surface area contributed by atoms with E-state index in [0.717, 1.165) is 13.1 Å². The number of hydrogen-bond donors (Lipinski definition) is 1. The lowest BCUT2D eigenvalue weighted by atomic mass is 10.2. The largest absolute Gasteiger partial charge is 0.482 e. The van der Waals surface area contributed by atoms with Crippen LogP contribution in [-0.2, 0) is 4.79 Å². The summed E-state index contributed by atoms with van der Waals surface area (Å²) in [6.45, 7) is 4.31. The first-order valence-corrected chi connectivity index (χ1v) is 6.91. The molecule has 0 aliphatic carbocycles. The molecule has 1 saturated heterocycles. The highest BCUT2D eigenvalue weighted by Gasteiger charge is 2.23. The quantitative estimate of drug-likeness (QED) is 0.930. The highest BCUT2D eigenvalue weighted by Crippen LogP contribution is 2.27. The van der Waals surface area contributed by atoms with E-state index in [9.17, 15) is 4.79 Å². The van der Waals surface area contributed by atoms with Gasteiger partial charge in [0.25, 0.3) is 5.91 Å². The number of amides is 1. The number of nitrogens with one attached hydrogen (secondary N) is 1. The maximum absolute atomic E-state index is 12.1. The van der Waals surface area contributed by atoms with E-state index in [2.05, 4.69) is 5.32 Å². The molecule has 1 fully saturated rings. The molecule has 2 rings (SSSR count). The lowest BCUT2D eigenvalue weighted by Crippen LogP contribution is -2.53. The van der Waals surface area contributed by atoms with Crippen LogP contribution in [0.2, 0.25) is 10.0 Å². The van der Waals surface area contributed by atoms with Crippen LogP contribution in [-0.4, -0.2) is 43.1 Å². The highest BCUT2D eigenvalue weighted by atomic mass is 35.5. The Morgan fingerprint density at radius 3 is 3.05 bits per heavy atom. The minimum absolute atomic E-state index is 0.0234. The SMILES string of the molecule is C[C@@H]1CNCCN1C(=O)COc1cc(Cl)ccc1Cl. The topological polar surface area (TPSA) is 41.6 Å². The number of nitrogens with zero attached hydrogens (tertiary/aromatic N) is 1. The van der Waals surface area contributed by atoms with Crippen molar-refractivity contribution in [2.24, 2.45) is 0 Å². The number of rotatable bonds is 3. The summed E-state index contributed by atoms with van der Waals surface area (Å²) in [4.78, 5) is 13.9. The van der Waals surface area contributed by atoms with Gasteiger partial charge in [0.15, 0.2) is 6.61 Å². The number of piperazine rings is 1. The van der Waals surface area contributed by atoms with Gasteiger partial charge in [-0.2, -0.15) is 0 Å². The van der Waals surface area contributed by atoms with Gasteiger partial charge in [0.1, 0.15) is 5.75 Å². The van der Waals surface area contributed by atoms with Crippen molar-refractivity contribution >= 4 is 29.1 Å². The second kappa shape index (κ2) is 6.46. The summed E-state index contributed by atoms with van der Waals surface area (Å²) in [6, 6.07) is 5.12. The Kier molecular flexibility index (Phi) is 4.91. The molecule has 1 aliphatic heterocycles. The van der Waals surface area contributed by atoms with E-state index in [-0.39, 0.29) is 18.6 Å². The standard InChI is InChI=1S/C13H16Cl2N2O2/c1-9-7-16-4-5-17(9)13(18)8-19-12-6-10(14)2-3-11(12)15/h2-3,6,9,16H,4-5,7-8H2,1H3/t9-/m1/s1. The molecule has 0 spiro atoms. The van der Waals surface area contributed by atoms with Crippen LogP contribution in [0.15, 0.2) is 18.2 Å². The average Bonchev–Trinajstić information content (AvgIpc) is 2.40. The summed E-state index contributed by atoms with van der Waals surface area (Å²) >= 11 is 11.8. The van der Waals surface area contributed by atoms with Crippen molar-refractivity contribution in [1.82, 2.24) is 10.2 Å². The van der Waals surface area contributed by atoms with Gasteiger partial charge in [-0.15, -0.1) is 0 Å². The minimum Gasteiger partial charge on any atom is -0.482 e. The Morgan fingerprint density at radius 2 is 2.32 bits per heavy atom. The molecule has 0 bridgehead atoms. The molecule has 6 heteroatoms. The Balaban J connectivity index is 1.94. The van der Waals surface area contributed by atoms with Gasteiger partial charge in [-0.1, -0.05) is 23.2 Å². The van der Waals surface area contributed by atoms with Crippen molar-refractivity contribution in [3.05, 3.63) is 28.2 Å². The number of hydrogen-bond acceptors (Lipinski definition) is 3. The zero-order chi connectivity index (χ0) is 13.8. The second-order valence-electron chi connectivity index (χ2n) is 4.50. The van der Waals surface area contributed by atoms with Gasteiger partial charge in [0.2, 0.25) is 0 Å². The average molecular weight is 303 g/mol. The van der Waals surface area contributed by atoms with Crippen molar-refractivity contribution in [2.45, 2.75) is 13.0 Å². The minimum atomic E-state index is -0.0370. The Labute approximate surface area is 122 Å². The number of halogens is 2. The van der Waals surface area contributed by atoms with Gasteiger partial charge in [0.05, 0.1) is 5.02 Å². The fraction of sp³-hybridized carbons (Fsp3) is 0.462. The second-order valence-corrected chi connectivity index (χ2v) is 5.35. The monoisotopic (exact) mass is 302 g/mol. The van der Waals surface area contributed by atoms with Crippen molar-refractivity contribution < 1.29 is 9.53 Å². The normalized spacial score (nSPS) is 19.3. The molecule has 104 valence electrons. The molecule has 0 saturated carbocycles. The third-order valence-electron chi connectivity index (χ3n) is 3.07. The van der Waals surface area contributed by atoms with E-state index in [1.165, 1.54) is 0 Å². The molecule has 0 radical (unpaired) electrons. The van der Waals surface area contributed by atoms with Gasteiger partial charge in [-0.25, -0.2) is 0 Å². The molecule has 1 atom stereocenters. The molecule has 19 heavy (non-hydrogen) atoms. The van der Waals surface area contributed by atoms with Crippen LogP contribution in [0, 0.1) is 0 Å². The number of carbonyl (C=O) groups excluding carboxylic acids is 1.